The Morgan fingerprint density at radius 2 is 2.00 bits per heavy atom. The van der Waals surface area contributed by atoms with E-state index in [2.05, 4.69) is 9.39 Å². The van der Waals surface area contributed by atoms with E-state index in [1.165, 1.54) is 12.1 Å². The predicted molar refractivity (Wildman–Crippen MR) is 61.8 cm³/mol. The van der Waals surface area contributed by atoms with Crippen LogP contribution in [0.3, 0.4) is 0 Å². The smallest absolute Gasteiger partial charge is 0.419 e. The van der Waals surface area contributed by atoms with Crippen LogP contribution in [-0.4, -0.2) is 23.9 Å². The molecule has 0 radical (unpaired) electrons. The van der Waals surface area contributed by atoms with Gasteiger partial charge in [0.1, 0.15) is 11.9 Å². The fourth-order valence-corrected chi connectivity index (χ4v) is 2.22. The first kappa shape index (κ1) is 12.7. The summed E-state index contributed by atoms with van der Waals surface area (Å²) in [6.07, 6.45) is -3.79. The predicted octanol–water partition coefficient (Wildman–Crippen LogP) is 2.95. The van der Waals surface area contributed by atoms with Gasteiger partial charge >= 0.3 is 6.18 Å². The highest BCUT2D eigenvalue weighted by atomic mass is 31.0. The SMILES string of the molecule is FC(F)(F)c1ccccc1OC1CCN(P)C1. The molecule has 0 bridgehead atoms. The van der Waals surface area contributed by atoms with Crippen molar-refractivity contribution in [2.75, 3.05) is 13.1 Å². The third-order valence-electron chi connectivity index (χ3n) is 2.66. The van der Waals surface area contributed by atoms with Gasteiger partial charge in [-0.15, -0.1) is 0 Å². The van der Waals surface area contributed by atoms with Crippen LogP contribution in [0.15, 0.2) is 24.3 Å². The zero-order valence-electron chi connectivity index (χ0n) is 9.07. The van der Waals surface area contributed by atoms with Crippen LogP contribution < -0.4 is 4.74 Å². The monoisotopic (exact) mass is 263 g/mol. The molecule has 1 aliphatic heterocycles. The van der Waals surface area contributed by atoms with Gasteiger partial charge in [-0.2, -0.15) is 13.2 Å². The molecule has 0 amide bonds. The number of hydrogen-bond acceptors (Lipinski definition) is 2. The largest absolute Gasteiger partial charge is 0.488 e. The highest BCUT2D eigenvalue weighted by molar-refractivity contribution is 7.13. The van der Waals surface area contributed by atoms with Crippen molar-refractivity contribution >= 4 is 9.39 Å². The zero-order valence-corrected chi connectivity index (χ0v) is 10.2. The van der Waals surface area contributed by atoms with E-state index in [1.807, 2.05) is 4.67 Å². The van der Waals surface area contributed by atoms with E-state index in [1.54, 1.807) is 6.07 Å². The van der Waals surface area contributed by atoms with Crippen LogP contribution in [0, 0.1) is 0 Å². The Kier molecular flexibility index (Phi) is 3.59. The summed E-state index contributed by atoms with van der Waals surface area (Å²) >= 11 is 0. The number of rotatable bonds is 2. The molecule has 2 atom stereocenters. The van der Waals surface area contributed by atoms with Crippen LogP contribution in [0.4, 0.5) is 13.2 Å². The minimum atomic E-state index is -4.37. The summed E-state index contributed by atoms with van der Waals surface area (Å²) < 4.78 is 45.5. The lowest BCUT2D eigenvalue weighted by Gasteiger charge is -2.17. The van der Waals surface area contributed by atoms with E-state index in [4.69, 9.17) is 4.74 Å². The molecule has 2 rings (SSSR count). The molecule has 0 N–H and O–H groups in total. The van der Waals surface area contributed by atoms with Gasteiger partial charge in [-0.1, -0.05) is 21.5 Å². The Bertz CT molecular complexity index is 397. The van der Waals surface area contributed by atoms with Crippen LogP contribution in [0.2, 0.25) is 0 Å². The molecule has 2 unspecified atom stereocenters. The molecule has 0 aromatic heterocycles. The van der Waals surface area contributed by atoms with Crippen molar-refractivity contribution in [1.29, 1.82) is 0 Å². The fraction of sp³-hybridized carbons (Fsp3) is 0.455. The molecule has 0 spiro atoms. The number of ether oxygens (including phenoxy) is 1. The molecule has 0 aliphatic carbocycles. The maximum Gasteiger partial charge on any atom is 0.419 e. The van der Waals surface area contributed by atoms with E-state index >= 15 is 0 Å². The quantitative estimate of drug-likeness (QED) is 0.761. The van der Waals surface area contributed by atoms with Crippen LogP contribution in [0.25, 0.3) is 0 Å². The van der Waals surface area contributed by atoms with Gasteiger partial charge in [0.2, 0.25) is 0 Å². The second-order valence-electron chi connectivity index (χ2n) is 4.02. The Balaban J connectivity index is 2.15. The Hall–Kier alpha value is -0.800. The topological polar surface area (TPSA) is 12.5 Å². The van der Waals surface area contributed by atoms with Crippen LogP contribution in [-0.2, 0) is 6.18 Å². The van der Waals surface area contributed by atoms with Gasteiger partial charge in [0, 0.05) is 13.1 Å². The van der Waals surface area contributed by atoms with Gasteiger partial charge in [-0.3, -0.25) is 4.67 Å². The Morgan fingerprint density at radius 1 is 1.29 bits per heavy atom. The molecule has 1 heterocycles. The molecule has 1 aromatic rings. The number of halogens is 3. The summed E-state index contributed by atoms with van der Waals surface area (Å²) in [5.74, 6) is -0.0784. The average molecular weight is 263 g/mol. The normalized spacial score (nSPS) is 21.8. The molecule has 1 aliphatic rings. The van der Waals surface area contributed by atoms with Gasteiger partial charge in [-0.05, 0) is 18.6 Å². The molecule has 17 heavy (non-hydrogen) atoms. The minimum absolute atomic E-state index is 0.0784. The third kappa shape index (κ3) is 3.11. The molecule has 6 heteroatoms. The Morgan fingerprint density at radius 3 is 2.59 bits per heavy atom. The highest BCUT2D eigenvalue weighted by Gasteiger charge is 2.35. The van der Waals surface area contributed by atoms with Crippen molar-refractivity contribution in [3.63, 3.8) is 0 Å². The van der Waals surface area contributed by atoms with Gasteiger partial charge < -0.3 is 4.74 Å². The second kappa shape index (κ2) is 4.83. The first-order valence-corrected chi connectivity index (χ1v) is 5.81. The molecule has 0 saturated carbocycles. The summed E-state index contributed by atoms with van der Waals surface area (Å²) in [5.41, 5.74) is -0.706. The van der Waals surface area contributed by atoms with Crippen molar-refractivity contribution in [2.45, 2.75) is 18.7 Å². The molecule has 1 fully saturated rings. The Labute approximate surface area is 100 Å². The van der Waals surface area contributed by atoms with E-state index in [-0.39, 0.29) is 11.9 Å². The highest BCUT2D eigenvalue weighted by Crippen LogP contribution is 2.36. The lowest BCUT2D eigenvalue weighted by molar-refractivity contribution is -0.139. The summed E-state index contributed by atoms with van der Waals surface area (Å²) in [6.45, 7) is 1.46. The first-order valence-electron chi connectivity index (χ1n) is 5.29. The average Bonchev–Trinajstić information content (AvgIpc) is 2.63. The molecular weight excluding hydrogens is 250 g/mol. The van der Waals surface area contributed by atoms with Crippen LogP contribution >= 0.6 is 9.39 Å². The number of para-hydroxylation sites is 1. The van der Waals surface area contributed by atoms with Crippen molar-refractivity contribution in [3.8, 4) is 5.75 Å². The third-order valence-corrected chi connectivity index (χ3v) is 3.13. The molecule has 1 aromatic carbocycles. The summed E-state index contributed by atoms with van der Waals surface area (Å²) in [7, 11) is 2.53. The number of nitrogens with zero attached hydrogens (tertiary/aromatic N) is 1. The maximum atomic E-state index is 12.7. The van der Waals surface area contributed by atoms with E-state index in [9.17, 15) is 13.2 Å². The fourth-order valence-electron chi connectivity index (χ4n) is 1.83. The lowest BCUT2D eigenvalue weighted by atomic mass is 10.2. The number of hydrogen-bond donors (Lipinski definition) is 0. The van der Waals surface area contributed by atoms with Gasteiger partial charge in [-0.25, -0.2) is 0 Å². The van der Waals surface area contributed by atoms with Crippen LogP contribution in [0.5, 0.6) is 5.75 Å². The van der Waals surface area contributed by atoms with Crippen LogP contribution in [0.1, 0.15) is 12.0 Å². The molecule has 2 nitrogen and oxygen atoms in total. The molecule has 1 saturated heterocycles. The van der Waals surface area contributed by atoms with E-state index in [0.717, 1.165) is 19.0 Å². The van der Waals surface area contributed by atoms with Crippen molar-refractivity contribution in [2.24, 2.45) is 0 Å². The number of alkyl halides is 3. The summed E-state index contributed by atoms with van der Waals surface area (Å²) in [5, 5.41) is 0. The van der Waals surface area contributed by atoms with Crippen molar-refractivity contribution in [1.82, 2.24) is 4.67 Å². The van der Waals surface area contributed by atoms with Gasteiger partial charge in [0.15, 0.2) is 0 Å². The van der Waals surface area contributed by atoms with Gasteiger partial charge in [0.25, 0.3) is 0 Å². The molecular formula is C11H13F3NOP. The second-order valence-corrected chi connectivity index (χ2v) is 4.75. The van der Waals surface area contributed by atoms with Crippen molar-refractivity contribution in [3.05, 3.63) is 29.8 Å². The summed E-state index contributed by atoms with van der Waals surface area (Å²) in [4.78, 5) is 0. The molecule has 94 valence electrons. The zero-order chi connectivity index (χ0) is 12.5. The summed E-state index contributed by atoms with van der Waals surface area (Å²) in [6, 6.07) is 5.33. The standard InChI is InChI=1S/C11H13F3NOP/c12-11(13,14)9-3-1-2-4-10(9)16-8-5-6-15(17)7-8/h1-4,8H,5-7,17H2. The van der Waals surface area contributed by atoms with E-state index in [0.29, 0.717) is 6.54 Å². The van der Waals surface area contributed by atoms with Gasteiger partial charge in [0.05, 0.1) is 5.56 Å². The minimum Gasteiger partial charge on any atom is -0.488 e. The maximum absolute atomic E-state index is 12.7. The van der Waals surface area contributed by atoms with E-state index < -0.39 is 11.7 Å². The number of benzene rings is 1. The lowest BCUT2D eigenvalue weighted by Crippen LogP contribution is -2.20. The first-order chi connectivity index (χ1) is 7.97. The van der Waals surface area contributed by atoms with Crippen molar-refractivity contribution < 1.29 is 17.9 Å².